The molecule has 140 valence electrons. The van der Waals surface area contributed by atoms with Crippen LogP contribution in [0.1, 0.15) is 5.56 Å². The lowest BCUT2D eigenvalue weighted by Crippen LogP contribution is -2.30. The van der Waals surface area contributed by atoms with Gasteiger partial charge in [-0.15, -0.1) is 0 Å². The summed E-state index contributed by atoms with van der Waals surface area (Å²) in [6.45, 7) is -0.129. The van der Waals surface area contributed by atoms with E-state index in [9.17, 15) is 13.2 Å². The largest absolute Gasteiger partial charge is 0.483 e. The average molecular weight is 462 g/mol. The highest BCUT2D eigenvalue weighted by atomic mass is 79.9. The summed E-state index contributed by atoms with van der Waals surface area (Å²) in [7, 11) is -0.667. The van der Waals surface area contributed by atoms with Gasteiger partial charge in [0.1, 0.15) is 5.75 Å². The molecule has 0 atom stereocenters. The number of carbonyl (C=O) groups is 1. The molecule has 2 aromatic rings. The van der Waals surface area contributed by atoms with Crippen molar-refractivity contribution in [1.29, 1.82) is 0 Å². The Balaban J connectivity index is 2.00. The van der Waals surface area contributed by atoms with Crippen molar-refractivity contribution in [3.8, 4) is 5.75 Å². The van der Waals surface area contributed by atoms with Crippen LogP contribution in [0.25, 0.3) is 0 Å². The SMILES string of the molecule is CN(C)S(=O)(=O)c1ccccc1CNC(=O)COc1ccc(Cl)cc1Br. The van der Waals surface area contributed by atoms with Crippen LogP contribution in [0.3, 0.4) is 0 Å². The summed E-state index contributed by atoms with van der Waals surface area (Å²) in [5.41, 5.74) is 0.502. The summed E-state index contributed by atoms with van der Waals surface area (Å²) in [6, 6.07) is 11.5. The molecule has 0 aliphatic carbocycles. The molecule has 0 bridgehead atoms. The number of carbonyl (C=O) groups excluding carboxylic acids is 1. The van der Waals surface area contributed by atoms with E-state index in [1.807, 2.05) is 0 Å². The average Bonchev–Trinajstić information content (AvgIpc) is 2.59. The molecule has 0 heterocycles. The van der Waals surface area contributed by atoms with Crippen molar-refractivity contribution >= 4 is 43.5 Å². The maximum absolute atomic E-state index is 12.3. The third kappa shape index (κ3) is 5.20. The van der Waals surface area contributed by atoms with Crippen molar-refractivity contribution in [2.75, 3.05) is 20.7 Å². The Kier molecular flexibility index (Phi) is 7.05. The zero-order chi connectivity index (χ0) is 19.3. The van der Waals surface area contributed by atoms with Crippen molar-refractivity contribution in [1.82, 2.24) is 9.62 Å². The van der Waals surface area contributed by atoms with E-state index in [0.717, 1.165) is 4.31 Å². The van der Waals surface area contributed by atoms with Gasteiger partial charge in [-0.05, 0) is 45.8 Å². The predicted molar refractivity (Wildman–Crippen MR) is 104 cm³/mol. The number of halogens is 2. The number of sulfonamides is 1. The van der Waals surface area contributed by atoms with E-state index >= 15 is 0 Å². The number of amides is 1. The Labute approximate surface area is 166 Å². The van der Waals surface area contributed by atoms with E-state index in [1.165, 1.54) is 20.2 Å². The van der Waals surface area contributed by atoms with E-state index in [-0.39, 0.29) is 24.0 Å². The van der Waals surface area contributed by atoms with Crippen LogP contribution in [0.5, 0.6) is 5.75 Å². The first-order valence-electron chi connectivity index (χ1n) is 7.57. The highest BCUT2D eigenvalue weighted by Crippen LogP contribution is 2.27. The van der Waals surface area contributed by atoms with Gasteiger partial charge in [0.25, 0.3) is 5.91 Å². The summed E-state index contributed by atoms with van der Waals surface area (Å²) in [6.07, 6.45) is 0. The zero-order valence-electron chi connectivity index (χ0n) is 14.2. The van der Waals surface area contributed by atoms with Gasteiger partial charge in [-0.3, -0.25) is 4.79 Å². The van der Waals surface area contributed by atoms with Gasteiger partial charge in [-0.25, -0.2) is 12.7 Å². The maximum Gasteiger partial charge on any atom is 0.258 e. The molecule has 0 spiro atoms. The van der Waals surface area contributed by atoms with Crippen LogP contribution in [-0.2, 0) is 21.4 Å². The van der Waals surface area contributed by atoms with Crippen LogP contribution >= 0.6 is 27.5 Å². The number of benzene rings is 2. The fourth-order valence-corrected chi connectivity index (χ4v) is 3.99. The number of nitrogens with one attached hydrogen (secondary N) is 1. The van der Waals surface area contributed by atoms with Crippen molar-refractivity contribution in [2.24, 2.45) is 0 Å². The standard InChI is InChI=1S/C17H18BrClN2O4S/c1-21(2)26(23,24)16-6-4-3-5-12(16)10-20-17(22)11-25-15-8-7-13(19)9-14(15)18/h3-9H,10-11H2,1-2H3,(H,20,22). The van der Waals surface area contributed by atoms with Crippen molar-refractivity contribution in [3.63, 3.8) is 0 Å². The molecule has 6 nitrogen and oxygen atoms in total. The fraction of sp³-hybridized carbons (Fsp3) is 0.235. The molecular formula is C17H18BrClN2O4S. The summed E-state index contributed by atoms with van der Waals surface area (Å²) in [5.74, 6) is 0.115. The number of nitrogens with zero attached hydrogens (tertiary/aromatic N) is 1. The molecule has 0 fully saturated rings. The van der Waals surface area contributed by atoms with Crippen LogP contribution in [0.15, 0.2) is 51.8 Å². The van der Waals surface area contributed by atoms with E-state index in [0.29, 0.717) is 20.8 Å². The van der Waals surface area contributed by atoms with Gasteiger partial charge in [0.2, 0.25) is 10.0 Å². The normalized spacial score (nSPS) is 11.4. The smallest absolute Gasteiger partial charge is 0.258 e. The van der Waals surface area contributed by atoms with Crippen molar-refractivity contribution < 1.29 is 17.9 Å². The van der Waals surface area contributed by atoms with Gasteiger partial charge in [0, 0.05) is 25.7 Å². The van der Waals surface area contributed by atoms with Gasteiger partial charge < -0.3 is 10.1 Å². The molecule has 0 saturated carbocycles. The molecule has 0 aliphatic heterocycles. The highest BCUT2D eigenvalue weighted by molar-refractivity contribution is 9.10. The predicted octanol–water partition coefficient (Wildman–Crippen LogP) is 3.05. The Morgan fingerprint density at radius 3 is 2.58 bits per heavy atom. The van der Waals surface area contributed by atoms with Gasteiger partial charge >= 0.3 is 0 Å². The molecule has 1 amide bonds. The second-order valence-electron chi connectivity index (χ2n) is 5.54. The van der Waals surface area contributed by atoms with Crippen molar-refractivity contribution in [3.05, 3.63) is 57.5 Å². The summed E-state index contributed by atoms with van der Waals surface area (Å²) < 4.78 is 31.9. The molecule has 0 saturated heterocycles. The van der Waals surface area contributed by atoms with Crippen LogP contribution < -0.4 is 10.1 Å². The number of ether oxygens (including phenoxy) is 1. The highest BCUT2D eigenvalue weighted by Gasteiger charge is 2.20. The third-order valence-electron chi connectivity index (χ3n) is 3.46. The molecule has 1 N–H and O–H groups in total. The lowest BCUT2D eigenvalue weighted by atomic mass is 10.2. The van der Waals surface area contributed by atoms with E-state index < -0.39 is 10.0 Å². The molecule has 2 rings (SSSR count). The van der Waals surface area contributed by atoms with Crippen LogP contribution in [0.4, 0.5) is 0 Å². The first-order valence-corrected chi connectivity index (χ1v) is 10.2. The molecule has 0 aliphatic rings. The van der Waals surface area contributed by atoms with E-state index in [4.69, 9.17) is 16.3 Å². The maximum atomic E-state index is 12.3. The number of hydrogen-bond donors (Lipinski definition) is 1. The molecule has 0 aromatic heterocycles. The summed E-state index contributed by atoms with van der Waals surface area (Å²) >= 11 is 9.16. The van der Waals surface area contributed by atoms with Crippen LogP contribution in [0, 0.1) is 0 Å². The molecule has 2 aromatic carbocycles. The minimum Gasteiger partial charge on any atom is -0.483 e. The Bertz CT molecular complexity index is 903. The second-order valence-corrected chi connectivity index (χ2v) is 8.95. The van der Waals surface area contributed by atoms with Gasteiger partial charge in [0.15, 0.2) is 6.61 Å². The quantitative estimate of drug-likeness (QED) is 0.688. The lowest BCUT2D eigenvalue weighted by Gasteiger charge is -2.15. The first-order chi connectivity index (χ1) is 12.2. The Morgan fingerprint density at radius 2 is 1.92 bits per heavy atom. The lowest BCUT2D eigenvalue weighted by molar-refractivity contribution is -0.123. The van der Waals surface area contributed by atoms with E-state index in [1.54, 1.807) is 36.4 Å². The van der Waals surface area contributed by atoms with Crippen LogP contribution in [0.2, 0.25) is 5.02 Å². The molecule has 0 radical (unpaired) electrons. The van der Waals surface area contributed by atoms with E-state index in [2.05, 4.69) is 21.2 Å². The van der Waals surface area contributed by atoms with Crippen molar-refractivity contribution in [2.45, 2.75) is 11.4 Å². The zero-order valence-corrected chi connectivity index (χ0v) is 17.4. The minimum atomic E-state index is -3.59. The summed E-state index contributed by atoms with van der Waals surface area (Å²) in [4.78, 5) is 12.2. The first kappa shape index (κ1) is 20.7. The third-order valence-corrected chi connectivity index (χ3v) is 6.23. The minimum absolute atomic E-state index is 0.0766. The summed E-state index contributed by atoms with van der Waals surface area (Å²) in [5, 5.41) is 3.21. The Hall–Kier alpha value is -1.61. The molecule has 0 unspecified atom stereocenters. The monoisotopic (exact) mass is 460 g/mol. The Morgan fingerprint density at radius 1 is 1.23 bits per heavy atom. The molecular weight excluding hydrogens is 444 g/mol. The van der Waals surface area contributed by atoms with Gasteiger partial charge in [-0.2, -0.15) is 0 Å². The van der Waals surface area contributed by atoms with Gasteiger partial charge in [-0.1, -0.05) is 29.8 Å². The van der Waals surface area contributed by atoms with Crippen LogP contribution in [-0.4, -0.2) is 39.3 Å². The number of rotatable bonds is 7. The molecule has 9 heteroatoms. The van der Waals surface area contributed by atoms with Gasteiger partial charge in [0.05, 0.1) is 9.37 Å². The second kappa shape index (κ2) is 8.85. The number of hydrogen-bond acceptors (Lipinski definition) is 4. The molecule has 26 heavy (non-hydrogen) atoms. The fourth-order valence-electron chi connectivity index (χ4n) is 2.08. The topological polar surface area (TPSA) is 75.7 Å².